The van der Waals surface area contributed by atoms with Gasteiger partial charge in [0, 0.05) is 36.3 Å². The van der Waals surface area contributed by atoms with Crippen LogP contribution in [0, 0.1) is 0 Å². The fraction of sp³-hybridized carbons (Fsp3) is 0.500. The fourth-order valence-electron chi connectivity index (χ4n) is 1.76. The summed E-state index contributed by atoms with van der Waals surface area (Å²) in [7, 11) is -3.77. The van der Waals surface area contributed by atoms with Crippen molar-refractivity contribution in [1.29, 1.82) is 0 Å². The van der Waals surface area contributed by atoms with Crippen LogP contribution in [-0.2, 0) is 10.3 Å². The third-order valence-electron chi connectivity index (χ3n) is 2.61. The van der Waals surface area contributed by atoms with Crippen molar-refractivity contribution in [3.8, 4) is 5.75 Å². The van der Waals surface area contributed by atoms with Gasteiger partial charge in [-0.15, -0.1) is 0 Å². The van der Waals surface area contributed by atoms with Crippen molar-refractivity contribution in [1.82, 2.24) is 14.6 Å². The monoisotopic (exact) mass is 335 g/mol. The SMILES string of the molecule is CC1CNCCN1S(=O)(=O)Oc1cncc(Br)c1. The molecule has 2 heterocycles. The highest BCUT2D eigenvalue weighted by Gasteiger charge is 2.31. The standard InChI is InChI=1S/C10H14BrN3O3S/c1-8-5-12-2-3-14(8)18(15,16)17-10-4-9(11)6-13-7-10/h4,6-8,12H,2-3,5H2,1H3. The summed E-state index contributed by atoms with van der Waals surface area (Å²) < 4.78 is 31.3. The summed E-state index contributed by atoms with van der Waals surface area (Å²) in [4.78, 5) is 3.87. The van der Waals surface area contributed by atoms with Crippen LogP contribution in [0.25, 0.3) is 0 Å². The largest absolute Gasteiger partial charge is 0.385 e. The minimum atomic E-state index is -3.77. The van der Waals surface area contributed by atoms with Gasteiger partial charge in [0.25, 0.3) is 0 Å². The number of piperazine rings is 1. The van der Waals surface area contributed by atoms with E-state index in [1.165, 1.54) is 10.5 Å². The number of nitrogens with one attached hydrogen (secondary N) is 1. The summed E-state index contributed by atoms with van der Waals surface area (Å²) >= 11 is 3.22. The first-order valence-electron chi connectivity index (χ1n) is 5.51. The lowest BCUT2D eigenvalue weighted by molar-refractivity contribution is 0.260. The van der Waals surface area contributed by atoms with E-state index in [0.717, 1.165) is 0 Å². The van der Waals surface area contributed by atoms with Crippen molar-refractivity contribution in [2.24, 2.45) is 0 Å². The van der Waals surface area contributed by atoms with Crippen LogP contribution in [0.1, 0.15) is 6.92 Å². The van der Waals surface area contributed by atoms with E-state index >= 15 is 0 Å². The number of rotatable bonds is 3. The van der Waals surface area contributed by atoms with Gasteiger partial charge in [0.1, 0.15) is 0 Å². The molecule has 1 aromatic rings. The maximum Gasteiger partial charge on any atom is 0.385 e. The maximum absolute atomic E-state index is 12.1. The first-order valence-corrected chi connectivity index (χ1v) is 7.67. The van der Waals surface area contributed by atoms with E-state index in [-0.39, 0.29) is 11.8 Å². The van der Waals surface area contributed by atoms with E-state index in [0.29, 0.717) is 24.1 Å². The van der Waals surface area contributed by atoms with Gasteiger partial charge in [0.2, 0.25) is 0 Å². The third-order valence-corrected chi connectivity index (χ3v) is 4.56. The van der Waals surface area contributed by atoms with Gasteiger partial charge >= 0.3 is 10.3 Å². The fourth-order valence-corrected chi connectivity index (χ4v) is 3.37. The molecule has 0 aliphatic carbocycles. The molecule has 18 heavy (non-hydrogen) atoms. The molecule has 100 valence electrons. The Hall–Kier alpha value is -0.700. The van der Waals surface area contributed by atoms with Gasteiger partial charge < -0.3 is 9.50 Å². The normalized spacial score (nSPS) is 21.8. The second-order valence-electron chi connectivity index (χ2n) is 4.04. The van der Waals surface area contributed by atoms with Crippen molar-refractivity contribution in [2.45, 2.75) is 13.0 Å². The van der Waals surface area contributed by atoms with Gasteiger partial charge in [-0.1, -0.05) is 0 Å². The Balaban J connectivity index is 2.16. The minimum Gasteiger partial charge on any atom is -0.369 e. The lowest BCUT2D eigenvalue weighted by Gasteiger charge is -2.31. The molecule has 1 aliphatic rings. The Morgan fingerprint density at radius 3 is 3.00 bits per heavy atom. The molecule has 6 nitrogen and oxygen atoms in total. The van der Waals surface area contributed by atoms with E-state index in [1.54, 1.807) is 12.3 Å². The highest BCUT2D eigenvalue weighted by molar-refractivity contribution is 9.10. The lowest BCUT2D eigenvalue weighted by Crippen LogP contribution is -2.53. The number of aromatic nitrogens is 1. The minimum absolute atomic E-state index is 0.121. The topological polar surface area (TPSA) is 71.5 Å². The molecule has 8 heteroatoms. The molecule has 1 saturated heterocycles. The highest BCUT2D eigenvalue weighted by atomic mass is 79.9. The Kier molecular flexibility index (Phi) is 4.21. The molecule has 1 aromatic heterocycles. The Bertz CT molecular complexity index is 523. The van der Waals surface area contributed by atoms with Crippen LogP contribution in [0.5, 0.6) is 5.75 Å². The number of halogens is 1. The molecule has 0 bridgehead atoms. The number of pyridine rings is 1. The summed E-state index contributed by atoms with van der Waals surface area (Å²) in [6, 6.07) is 1.45. The smallest absolute Gasteiger partial charge is 0.369 e. The number of hydrogen-bond acceptors (Lipinski definition) is 5. The van der Waals surface area contributed by atoms with Gasteiger partial charge in [-0.25, -0.2) is 0 Å². The van der Waals surface area contributed by atoms with Gasteiger partial charge in [-0.05, 0) is 28.9 Å². The summed E-state index contributed by atoms with van der Waals surface area (Å²) in [6.07, 6.45) is 2.93. The highest BCUT2D eigenvalue weighted by Crippen LogP contribution is 2.20. The first kappa shape index (κ1) is 13.7. The molecule has 0 aromatic carbocycles. The van der Waals surface area contributed by atoms with E-state index in [2.05, 4.69) is 26.2 Å². The van der Waals surface area contributed by atoms with E-state index in [1.807, 2.05) is 6.92 Å². The van der Waals surface area contributed by atoms with Crippen LogP contribution in [0.2, 0.25) is 0 Å². The second-order valence-corrected chi connectivity index (χ2v) is 6.45. The molecule has 1 fully saturated rings. The quantitative estimate of drug-likeness (QED) is 0.883. The van der Waals surface area contributed by atoms with Crippen molar-refractivity contribution in [2.75, 3.05) is 19.6 Å². The zero-order valence-corrected chi connectivity index (χ0v) is 12.2. The van der Waals surface area contributed by atoms with Gasteiger partial charge in [-0.2, -0.15) is 12.7 Å². The van der Waals surface area contributed by atoms with Crippen LogP contribution < -0.4 is 9.50 Å². The second kappa shape index (κ2) is 5.52. The molecular weight excluding hydrogens is 322 g/mol. The molecule has 0 saturated carbocycles. The van der Waals surface area contributed by atoms with Crippen LogP contribution in [0.3, 0.4) is 0 Å². The van der Waals surface area contributed by atoms with Gasteiger partial charge in [0.05, 0.1) is 6.20 Å². The zero-order valence-electron chi connectivity index (χ0n) is 9.84. The average Bonchev–Trinajstić information content (AvgIpc) is 2.28. The molecule has 2 rings (SSSR count). The molecule has 0 spiro atoms. The molecular formula is C10H14BrN3O3S. The summed E-state index contributed by atoms with van der Waals surface area (Å²) in [5, 5.41) is 3.13. The van der Waals surface area contributed by atoms with Gasteiger partial charge in [0.15, 0.2) is 5.75 Å². The van der Waals surface area contributed by atoms with E-state index < -0.39 is 10.3 Å². The van der Waals surface area contributed by atoms with Crippen molar-refractivity contribution in [3.05, 3.63) is 22.9 Å². The van der Waals surface area contributed by atoms with E-state index in [4.69, 9.17) is 4.18 Å². The van der Waals surface area contributed by atoms with E-state index in [9.17, 15) is 8.42 Å². The molecule has 0 amide bonds. The summed E-state index contributed by atoms with van der Waals surface area (Å²) in [5.41, 5.74) is 0. The maximum atomic E-state index is 12.1. The predicted octanol–water partition coefficient (Wildman–Crippen LogP) is 0.761. The number of hydrogen-bond donors (Lipinski definition) is 1. The predicted molar refractivity (Wildman–Crippen MR) is 70.5 cm³/mol. The molecule has 0 radical (unpaired) electrons. The van der Waals surface area contributed by atoms with Crippen molar-refractivity contribution in [3.63, 3.8) is 0 Å². The van der Waals surface area contributed by atoms with Crippen LogP contribution in [-0.4, -0.2) is 43.4 Å². The lowest BCUT2D eigenvalue weighted by atomic mass is 10.3. The third kappa shape index (κ3) is 3.19. The molecule has 1 N–H and O–H groups in total. The van der Waals surface area contributed by atoms with Crippen molar-refractivity contribution < 1.29 is 12.6 Å². The van der Waals surface area contributed by atoms with Crippen LogP contribution in [0.4, 0.5) is 0 Å². The molecule has 1 atom stereocenters. The van der Waals surface area contributed by atoms with Crippen LogP contribution >= 0.6 is 15.9 Å². The summed E-state index contributed by atoms with van der Waals surface area (Å²) in [5.74, 6) is 0.204. The Labute approximate surface area is 115 Å². The first-order chi connectivity index (χ1) is 8.49. The summed E-state index contributed by atoms with van der Waals surface area (Å²) in [6.45, 7) is 3.50. The average molecular weight is 336 g/mol. The molecule has 1 unspecified atom stereocenters. The van der Waals surface area contributed by atoms with Crippen LogP contribution in [0.15, 0.2) is 22.9 Å². The van der Waals surface area contributed by atoms with Gasteiger partial charge in [-0.3, -0.25) is 4.98 Å². The Morgan fingerprint density at radius 2 is 2.33 bits per heavy atom. The zero-order chi connectivity index (χ0) is 13.2. The molecule has 1 aliphatic heterocycles. The van der Waals surface area contributed by atoms with Crippen molar-refractivity contribution >= 4 is 26.2 Å². The number of nitrogens with zero attached hydrogens (tertiary/aromatic N) is 2. The Morgan fingerprint density at radius 1 is 1.56 bits per heavy atom.